The monoisotopic (exact) mass is 413 g/mol. The Hall–Kier alpha value is -4.18. The van der Waals surface area contributed by atoms with E-state index in [1.807, 2.05) is 32.0 Å². The van der Waals surface area contributed by atoms with Crippen LogP contribution < -0.4 is 11.1 Å². The predicted octanol–water partition coefficient (Wildman–Crippen LogP) is 4.23. The maximum atomic E-state index is 12.3. The summed E-state index contributed by atoms with van der Waals surface area (Å²) in [5.41, 5.74) is 11.8. The molecular weight excluding hydrogens is 390 g/mol. The third kappa shape index (κ3) is 4.70. The smallest absolute Gasteiger partial charge is 0.356 e. The van der Waals surface area contributed by atoms with E-state index in [-0.39, 0.29) is 5.69 Å². The number of anilines is 2. The summed E-state index contributed by atoms with van der Waals surface area (Å²) in [6.07, 6.45) is 0. The fraction of sp³-hybridized carbons (Fsp3) is 0.167. The van der Waals surface area contributed by atoms with Gasteiger partial charge in [-0.1, -0.05) is 18.2 Å². The van der Waals surface area contributed by atoms with Crippen molar-refractivity contribution in [2.75, 3.05) is 12.4 Å². The Morgan fingerprint density at radius 1 is 1.10 bits per heavy atom. The Bertz CT molecular complexity index is 1180. The lowest BCUT2D eigenvalue weighted by Crippen LogP contribution is -2.12. The number of carbonyl (C=O) groups is 1. The van der Waals surface area contributed by atoms with E-state index in [2.05, 4.69) is 21.4 Å². The summed E-state index contributed by atoms with van der Waals surface area (Å²) >= 11 is 0. The van der Waals surface area contributed by atoms with Gasteiger partial charge in [-0.25, -0.2) is 14.8 Å². The highest BCUT2D eigenvalue weighted by Gasteiger charge is 2.20. The van der Waals surface area contributed by atoms with Crippen molar-refractivity contribution in [3.63, 3.8) is 0 Å². The highest BCUT2D eigenvalue weighted by molar-refractivity contribution is 5.90. The molecule has 0 amide bonds. The Kier molecular flexibility index (Phi) is 6.32. The van der Waals surface area contributed by atoms with Gasteiger partial charge in [0, 0.05) is 23.0 Å². The number of hydrogen-bond donors (Lipinski definition) is 2. The van der Waals surface area contributed by atoms with Crippen molar-refractivity contribution < 1.29 is 9.53 Å². The molecule has 0 fully saturated rings. The van der Waals surface area contributed by atoms with E-state index in [9.17, 15) is 4.79 Å². The van der Waals surface area contributed by atoms with Crippen molar-refractivity contribution in [1.29, 1.82) is 5.26 Å². The van der Waals surface area contributed by atoms with Crippen LogP contribution in [-0.4, -0.2) is 23.0 Å². The number of nitrogens with two attached hydrogens (primary N) is 1. The van der Waals surface area contributed by atoms with E-state index >= 15 is 0 Å². The zero-order chi connectivity index (χ0) is 22.5. The van der Waals surface area contributed by atoms with Crippen LogP contribution >= 0.6 is 0 Å². The van der Waals surface area contributed by atoms with Crippen LogP contribution in [0.3, 0.4) is 0 Å². The van der Waals surface area contributed by atoms with Crippen LogP contribution in [0.4, 0.5) is 11.5 Å². The molecule has 31 heavy (non-hydrogen) atoms. The van der Waals surface area contributed by atoms with Crippen molar-refractivity contribution in [3.8, 4) is 6.07 Å². The molecule has 0 spiro atoms. The molecule has 2 aromatic carbocycles. The van der Waals surface area contributed by atoms with E-state index in [0.29, 0.717) is 34.2 Å². The second-order valence-electron chi connectivity index (χ2n) is 7.09. The number of methoxy groups -OCH3 is 1. The first-order chi connectivity index (χ1) is 14.8. The van der Waals surface area contributed by atoms with E-state index < -0.39 is 5.97 Å². The average molecular weight is 413 g/mol. The largest absolute Gasteiger partial charge is 0.464 e. The van der Waals surface area contributed by atoms with Gasteiger partial charge in [-0.3, -0.25) is 0 Å². The van der Waals surface area contributed by atoms with Gasteiger partial charge in [-0.15, -0.1) is 0 Å². The fourth-order valence-electron chi connectivity index (χ4n) is 3.30. The van der Waals surface area contributed by atoms with Crippen LogP contribution in [0.2, 0.25) is 0 Å². The molecule has 0 saturated heterocycles. The molecule has 3 aromatic rings. The molecule has 0 saturated carbocycles. The quantitative estimate of drug-likeness (QED) is 0.602. The number of esters is 1. The molecule has 0 aliphatic rings. The number of hydrogen-bond acceptors (Lipinski definition) is 7. The van der Waals surface area contributed by atoms with Crippen LogP contribution in [0.1, 0.15) is 45.5 Å². The molecule has 156 valence electrons. The standard InChI is InChI=1S/C24H23N5O2/c1-14-6-5-7-15(2)21(14)22(16(3)26)23-28-19(24(30)31-4)12-20(29-23)27-18-10-8-17(13-25)9-11-18/h5-12H,26H2,1-4H3,(H,27,28,29). The SMILES string of the molecule is COC(=O)c1cc(Nc2ccc(C#N)cc2)nc(C(=C(C)N)c2c(C)cccc2C)n1. The molecule has 3 N–H and O–H groups in total. The number of allylic oxidation sites excluding steroid dienone is 1. The lowest BCUT2D eigenvalue weighted by molar-refractivity contribution is 0.0593. The van der Waals surface area contributed by atoms with Gasteiger partial charge in [0.2, 0.25) is 0 Å². The minimum absolute atomic E-state index is 0.105. The van der Waals surface area contributed by atoms with Gasteiger partial charge >= 0.3 is 5.97 Å². The summed E-state index contributed by atoms with van der Waals surface area (Å²) in [5, 5.41) is 12.1. The molecule has 3 rings (SSSR count). The number of carbonyl (C=O) groups excluding carboxylic acids is 1. The van der Waals surface area contributed by atoms with Gasteiger partial charge in [0.25, 0.3) is 0 Å². The predicted molar refractivity (Wildman–Crippen MR) is 120 cm³/mol. The number of ether oxygens (including phenoxy) is 1. The number of nitrogens with one attached hydrogen (secondary N) is 1. The Morgan fingerprint density at radius 2 is 1.74 bits per heavy atom. The summed E-state index contributed by atoms with van der Waals surface area (Å²) in [6, 6.07) is 16.5. The number of benzene rings is 2. The van der Waals surface area contributed by atoms with E-state index in [1.165, 1.54) is 13.2 Å². The normalized spacial score (nSPS) is 11.3. The van der Waals surface area contributed by atoms with Crippen molar-refractivity contribution in [1.82, 2.24) is 9.97 Å². The molecule has 0 radical (unpaired) electrons. The molecule has 0 atom stereocenters. The van der Waals surface area contributed by atoms with E-state index in [4.69, 9.17) is 15.7 Å². The van der Waals surface area contributed by atoms with E-state index in [0.717, 1.165) is 16.7 Å². The number of rotatable bonds is 5. The van der Waals surface area contributed by atoms with Crippen molar-refractivity contribution in [2.45, 2.75) is 20.8 Å². The highest BCUT2D eigenvalue weighted by atomic mass is 16.5. The first kappa shape index (κ1) is 21.5. The van der Waals surface area contributed by atoms with Gasteiger partial charge in [-0.05, 0) is 61.7 Å². The van der Waals surface area contributed by atoms with Gasteiger partial charge in [0.05, 0.1) is 18.7 Å². The fourth-order valence-corrected chi connectivity index (χ4v) is 3.30. The van der Waals surface area contributed by atoms with Crippen LogP contribution in [-0.2, 0) is 4.74 Å². The van der Waals surface area contributed by atoms with Crippen LogP contribution in [0.15, 0.2) is 54.2 Å². The minimum Gasteiger partial charge on any atom is -0.464 e. The molecule has 7 nitrogen and oxygen atoms in total. The molecule has 0 aliphatic heterocycles. The number of aromatic nitrogens is 2. The summed E-state index contributed by atoms with van der Waals surface area (Å²) < 4.78 is 4.88. The second kappa shape index (κ2) is 9.09. The Morgan fingerprint density at radius 3 is 2.29 bits per heavy atom. The summed E-state index contributed by atoms with van der Waals surface area (Å²) in [7, 11) is 1.30. The third-order valence-corrected chi connectivity index (χ3v) is 4.76. The van der Waals surface area contributed by atoms with Gasteiger partial charge < -0.3 is 15.8 Å². The molecule has 0 aliphatic carbocycles. The highest BCUT2D eigenvalue weighted by Crippen LogP contribution is 2.30. The summed E-state index contributed by atoms with van der Waals surface area (Å²) in [6.45, 7) is 5.76. The van der Waals surface area contributed by atoms with Crippen molar-refractivity contribution in [2.24, 2.45) is 5.73 Å². The molecule has 0 bridgehead atoms. The number of aryl methyl sites for hydroxylation is 2. The lowest BCUT2D eigenvalue weighted by atomic mass is 9.94. The lowest BCUT2D eigenvalue weighted by Gasteiger charge is -2.16. The van der Waals surface area contributed by atoms with Crippen molar-refractivity contribution >= 4 is 23.0 Å². The first-order valence-corrected chi connectivity index (χ1v) is 9.62. The van der Waals surface area contributed by atoms with Gasteiger partial charge in [0.1, 0.15) is 5.82 Å². The number of nitrogens with zero attached hydrogens (tertiary/aromatic N) is 3. The minimum atomic E-state index is -0.581. The molecule has 1 aromatic heterocycles. The van der Waals surface area contributed by atoms with Gasteiger partial charge in [0.15, 0.2) is 11.5 Å². The number of nitriles is 1. The summed E-state index contributed by atoms with van der Waals surface area (Å²) in [5.74, 6) is 0.138. The van der Waals surface area contributed by atoms with Crippen molar-refractivity contribution in [3.05, 3.63) is 88.0 Å². The maximum Gasteiger partial charge on any atom is 0.356 e. The topological polar surface area (TPSA) is 114 Å². The molecular formula is C24H23N5O2. The van der Waals surface area contributed by atoms with E-state index in [1.54, 1.807) is 31.2 Å². The molecule has 0 unspecified atom stereocenters. The van der Waals surface area contributed by atoms with Crippen LogP contribution in [0, 0.1) is 25.2 Å². The first-order valence-electron chi connectivity index (χ1n) is 9.62. The third-order valence-electron chi connectivity index (χ3n) is 4.76. The zero-order valence-electron chi connectivity index (χ0n) is 17.9. The Balaban J connectivity index is 2.16. The maximum absolute atomic E-state index is 12.3. The molecule has 7 heteroatoms. The van der Waals surface area contributed by atoms with Crippen LogP contribution in [0.5, 0.6) is 0 Å². The second-order valence-corrected chi connectivity index (χ2v) is 7.09. The van der Waals surface area contributed by atoms with Gasteiger partial charge in [-0.2, -0.15) is 5.26 Å². The molecule has 1 heterocycles. The zero-order valence-corrected chi connectivity index (χ0v) is 17.9. The Labute approximate surface area is 181 Å². The van der Waals surface area contributed by atoms with Crippen LogP contribution in [0.25, 0.3) is 5.57 Å². The summed E-state index contributed by atoms with van der Waals surface area (Å²) in [4.78, 5) is 21.4. The average Bonchev–Trinajstić information content (AvgIpc) is 2.75.